The number of nitrogens with one attached hydrogen (secondary N) is 1. The molecule has 1 amide bonds. The second-order valence-corrected chi connectivity index (χ2v) is 3.87. The first kappa shape index (κ1) is 14.0. The molecule has 0 aromatic heterocycles. The van der Waals surface area contributed by atoms with Gasteiger partial charge in [-0.25, -0.2) is 4.79 Å². The third-order valence-electron chi connectivity index (χ3n) is 2.31. The van der Waals surface area contributed by atoms with Crippen molar-refractivity contribution >= 4 is 6.09 Å². The van der Waals surface area contributed by atoms with Crippen LogP contribution in [0.25, 0.3) is 0 Å². The minimum absolute atomic E-state index is 0.732. The third kappa shape index (κ3) is 10.9. The van der Waals surface area contributed by atoms with Crippen LogP contribution in [0.1, 0.15) is 58.8 Å². The number of allylic oxidation sites excluding steroid dienone is 2. The molecule has 0 heterocycles. The van der Waals surface area contributed by atoms with E-state index in [2.05, 4.69) is 12.2 Å². The first-order chi connectivity index (χ1) is 7.16. The van der Waals surface area contributed by atoms with Crippen LogP contribution in [0, 0.1) is 0 Å². The fraction of sp³-hybridized carbons (Fsp3) is 0.750. The fourth-order valence-electron chi connectivity index (χ4n) is 1.46. The Hall–Kier alpha value is -0.990. The van der Waals surface area contributed by atoms with Gasteiger partial charge in [0.25, 0.3) is 0 Å². The molecule has 0 spiro atoms. The highest BCUT2D eigenvalue weighted by Crippen LogP contribution is 2.07. The van der Waals surface area contributed by atoms with E-state index in [1.54, 1.807) is 6.92 Å². The van der Waals surface area contributed by atoms with Crippen LogP contribution >= 0.6 is 0 Å². The first-order valence-corrected chi connectivity index (χ1v) is 5.83. The van der Waals surface area contributed by atoms with Crippen LogP contribution in [-0.2, 0) is 0 Å². The number of unbranched alkanes of at least 4 members (excludes halogenated alkanes) is 6. The Bertz CT molecular complexity index is 200. The van der Waals surface area contributed by atoms with Gasteiger partial charge in [0.1, 0.15) is 0 Å². The van der Waals surface area contributed by atoms with E-state index in [-0.39, 0.29) is 0 Å². The van der Waals surface area contributed by atoms with Gasteiger partial charge in [0.05, 0.1) is 0 Å². The molecule has 15 heavy (non-hydrogen) atoms. The monoisotopic (exact) mass is 213 g/mol. The molecular formula is C12H23NO2. The zero-order valence-electron chi connectivity index (χ0n) is 9.88. The Labute approximate surface area is 92.6 Å². The zero-order chi connectivity index (χ0) is 11.5. The summed E-state index contributed by atoms with van der Waals surface area (Å²) in [5.74, 6) is 0. The zero-order valence-corrected chi connectivity index (χ0v) is 9.88. The van der Waals surface area contributed by atoms with Crippen molar-refractivity contribution in [1.29, 1.82) is 0 Å². The molecule has 3 heteroatoms. The van der Waals surface area contributed by atoms with Crippen molar-refractivity contribution in [3.63, 3.8) is 0 Å². The predicted octanol–water partition coefficient (Wildman–Crippen LogP) is 3.91. The van der Waals surface area contributed by atoms with Crippen molar-refractivity contribution in [2.24, 2.45) is 0 Å². The van der Waals surface area contributed by atoms with E-state index in [9.17, 15) is 4.79 Å². The Morgan fingerprint density at radius 1 is 1.20 bits per heavy atom. The van der Waals surface area contributed by atoms with E-state index >= 15 is 0 Å². The highest BCUT2D eigenvalue weighted by molar-refractivity contribution is 5.66. The van der Waals surface area contributed by atoms with Gasteiger partial charge in [-0.1, -0.05) is 45.1 Å². The lowest BCUT2D eigenvalue weighted by molar-refractivity contribution is 0.197. The van der Waals surface area contributed by atoms with Gasteiger partial charge in [-0.05, 0) is 19.8 Å². The molecule has 0 aliphatic rings. The number of carboxylic acid groups (broad SMARTS) is 1. The summed E-state index contributed by atoms with van der Waals surface area (Å²) in [4.78, 5) is 10.3. The van der Waals surface area contributed by atoms with Crippen LogP contribution in [0.5, 0.6) is 0 Å². The van der Waals surface area contributed by atoms with E-state index in [1.807, 2.05) is 6.08 Å². The van der Waals surface area contributed by atoms with Crippen LogP contribution < -0.4 is 5.32 Å². The average Bonchev–Trinajstić information content (AvgIpc) is 2.15. The van der Waals surface area contributed by atoms with Gasteiger partial charge in [-0.15, -0.1) is 0 Å². The summed E-state index contributed by atoms with van der Waals surface area (Å²) in [6.45, 7) is 3.99. The standard InChI is InChI=1S/C12H23NO2/c1-3-4-5-6-7-8-9-10-11(2)13-12(14)15/h10,13H,3-9H2,1-2H3,(H,14,15)/b11-10-. The largest absolute Gasteiger partial charge is 0.465 e. The molecule has 0 rings (SSSR count). The number of carbonyl (C=O) groups is 1. The minimum atomic E-state index is -0.980. The average molecular weight is 213 g/mol. The molecule has 0 radical (unpaired) electrons. The predicted molar refractivity (Wildman–Crippen MR) is 62.9 cm³/mol. The molecule has 2 N–H and O–H groups in total. The molecule has 0 aromatic carbocycles. The van der Waals surface area contributed by atoms with E-state index in [4.69, 9.17) is 5.11 Å². The van der Waals surface area contributed by atoms with Crippen molar-refractivity contribution in [2.45, 2.75) is 58.8 Å². The molecule has 0 saturated heterocycles. The van der Waals surface area contributed by atoms with Gasteiger partial charge in [-0.3, -0.25) is 5.32 Å². The lowest BCUT2D eigenvalue weighted by Gasteiger charge is -2.01. The lowest BCUT2D eigenvalue weighted by atomic mass is 10.1. The molecular weight excluding hydrogens is 190 g/mol. The summed E-state index contributed by atoms with van der Waals surface area (Å²) >= 11 is 0. The molecule has 0 aliphatic heterocycles. The van der Waals surface area contributed by atoms with Crippen LogP contribution in [0.3, 0.4) is 0 Å². The van der Waals surface area contributed by atoms with E-state index in [0.29, 0.717) is 0 Å². The van der Waals surface area contributed by atoms with Gasteiger partial charge in [-0.2, -0.15) is 0 Å². The smallest absolute Gasteiger partial charge is 0.408 e. The molecule has 0 bridgehead atoms. The van der Waals surface area contributed by atoms with Crippen molar-refractivity contribution in [1.82, 2.24) is 5.32 Å². The molecule has 0 unspecified atom stereocenters. The summed E-state index contributed by atoms with van der Waals surface area (Å²) in [6.07, 6.45) is 9.58. The van der Waals surface area contributed by atoms with Gasteiger partial charge in [0.2, 0.25) is 0 Å². The third-order valence-corrected chi connectivity index (χ3v) is 2.31. The maximum absolute atomic E-state index is 10.3. The van der Waals surface area contributed by atoms with E-state index < -0.39 is 6.09 Å². The van der Waals surface area contributed by atoms with Gasteiger partial charge >= 0.3 is 6.09 Å². The van der Waals surface area contributed by atoms with Crippen molar-refractivity contribution in [2.75, 3.05) is 0 Å². The normalized spacial score (nSPS) is 11.5. The summed E-state index contributed by atoms with van der Waals surface area (Å²) in [5.41, 5.74) is 0.732. The highest BCUT2D eigenvalue weighted by atomic mass is 16.4. The maximum atomic E-state index is 10.3. The molecule has 3 nitrogen and oxygen atoms in total. The molecule has 0 aliphatic carbocycles. The SMILES string of the molecule is CCCCCCCC/C=C(/C)NC(=O)O. The summed E-state index contributed by atoms with van der Waals surface area (Å²) in [6, 6.07) is 0. The lowest BCUT2D eigenvalue weighted by Crippen LogP contribution is -2.17. The van der Waals surface area contributed by atoms with Crippen molar-refractivity contribution in [3.8, 4) is 0 Å². The van der Waals surface area contributed by atoms with Gasteiger partial charge in [0, 0.05) is 5.70 Å². The molecule has 0 atom stereocenters. The van der Waals surface area contributed by atoms with Crippen LogP contribution in [-0.4, -0.2) is 11.2 Å². The molecule has 0 saturated carbocycles. The molecule has 0 aromatic rings. The van der Waals surface area contributed by atoms with E-state index in [1.165, 1.54) is 32.1 Å². The topological polar surface area (TPSA) is 49.3 Å². The Morgan fingerprint density at radius 2 is 1.80 bits per heavy atom. The summed E-state index contributed by atoms with van der Waals surface area (Å²) in [5, 5.41) is 10.8. The Kier molecular flexibility index (Phi) is 8.93. The second-order valence-electron chi connectivity index (χ2n) is 3.87. The number of hydrogen-bond acceptors (Lipinski definition) is 1. The second kappa shape index (κ2) is 9.56. The van der Waals surface area contributed by atoms with Crippen LogP contribution in [0.15, 0.2) is 11.8 Å². The molecule has 0 fully saturated rings. The minimum Gasteiger partial charge on any atom is -0.465 e. The van der Waals surface area contributed by atoms with Crippen LogP contribution in [0.4, 0.5) is 4.79 Å². The van der Waals surface area contributed by atoms with Crippen LogP contribution in [0.2, 0.25) is 0 Å². The summed E-state index contributed by atoms with van der Waals surface area (Å²) < 4.78 is 0. The van der Waals surface area contributed by atoms with Crippen molar-refractivity contribution in [3.05, 3.63) is 11.8 Å². The quantitative estimate of drug-likeness (QED) is 0.600. The van der Waals surface area contributed by atoms with E-state index in [0.717, 1.165) is 18.5 Å². The van der Waals surface area contributed by atoms with Gasteiger partial charge in [0.15, 0.2) is 0 Å². The molecule has 88 valence electrons. The fourth-order valence-corrected chi connectivity index (χ4v) is 1.46. The maximum Gasteiger partial charge on any atom is 0.408 e. The number of hydrogen-bond donors (Lipinski definition) is 2. The first-order valence-electron chi connectivity index (χ1n) is 5.83. The summed E-state index contributed by atoms with van der Waals surface area (Å²) in [7, 11) is 0. The number of amides is 1. The Balaban J connectivity index is 3.32. The highest BCUT2D eigenvalue weighted by Gasteiger charge is 1.94. The van der Waals surface area contributed by atoms with Crippen molar-refractivity contribution < 1.29 is 9.90 Å². The number of rotatable bonds is 8. The van der Waals surface area contributed by atoms with Gasteiger partial charge < -0.3 is 5.11 Å². The Morgan fingerprint density at radius 3 is 2.40 bits per heavy atom.